The molecule has 0 aliphatic heterocycles. The van der Waals surface area contributed by atoms with Crippen molar-refractivity contribution in [1.29, 1.82) is 0 Å². The lowest BCUT2D eigenvalue weighted by Gasteiger charge is -2.22. The molecule has 172 valence electrons. The minimum atomic E-state index is -4.46. The molecule has 1 unspecified atom stereocenters. The van der Waals surface area contributed by atoms with Gasteiger partial charge in [-0.3, -0.25) is 4.79 Å². The number of benzene rings is 3. The molecular formula is C23H19ClF3N3O2S. The SMILES string of the molecule is COc1ccc(Cl)cc1NC(=S)NC(C(=O)Nc1ccc(C(F)(F)F)cc1)c1ccccc1. The van der Waals surface area contributed by atoms with E-state index in [4.69, 9.17) is 28.6 Å². The quantitative estimate of drug-likeness (QED) is 0.366. The summed E-state index contributed by atoms with van der Waals surface area (Å²) in [6.45, 7) is 0. The number of ether oxygens (including phenoxy) is 1. The second kappa shape index (κ2) is 10.5. The Kier molecular flexibility index (Phi) is 7.78. The summed E-state index contributed by atoms with van der Waals surface area (Å²) in [5.41, 5.74) is 0.506. The number of rotatable bonds is 6. The van der Waals surface area contributed by atoms with Crippen LogP contribution in [0.2, 0.25) is 5.02 Å². The summed E-state index contributed by atoms with van der Waals surface area (Å²) in [7, 11) is 1.50. The minimum Gasteiger partial charge on any atom is -0.495 e. The van der Waals surface area contributed by atoms with Crippen LogP contribution >= 0.6 is 23.8 Å². The molecule has 0 radical (unpaired) electrons. The number of amides is 1. The highest BCUT2D eigenvalue weighted by Crippen LogP contribution is 2.30. The fourth-order valence-corrected chi connectivity index (χ4v) is 3.37. The van der Waals surface area contributed by atoms with E-state index in [1.54, 1.807) is 48.5 Å². The van der Waals surface area contributed by atoms with E-state index in [9.17, 15) is 18.0 Å². The van der Waals surface area contributed by atoms with E-state index in [0.717, 1.165) is 12.1 Å². The van der Waals surface area contributed by atoms with E-state index in [2.05, 4.69) is 16.0 Å². The molecule has 3 aromatic rings. The van der Waals surface area contributed by atoms with Gasteiger partial charge < -0.3 is 20.7 Å². The predicted octanol–water partition coefficient (Wildman–Crippen LogP) is 6.03. The van der Waals surface area contributed by atoms with Gasteiger partial charge in [0.2, 0.25) is 0 Å². The predicted molar refractivity (Wildman–Crippen MR) is 127 cm³/mol. The molecule has 33 heavy (non-hydrogen) atoms. The summed E-state index contributed by atoms with van der Waals surface area (Å²) in [5.74, 6) is -0.0165. The van der Waals surface area contributed by atoms with Gasteiger partial charge in [-0.25, -0.2) is 0 Å². The van der Waals surface area contributed by atoms with E-state index in [0.29, 0.717) is 22.0 Å². The average molecular weight is 494 g/mol. The van der Waals surface area contributed by atoms with E-state index < -0.39 is 23.7 Å². The third-order valence-electron chi connectivity index (χ3n) is 4.56. The van der Waals surface area contributed by atoms with Crippen LogP contribution in [-0.2, 0) is 11.0 Å². The summed E-state index contributed by atoms with van der Waals surface area (Å²) in [4.78, 5) is 13.0. The van der Waals surface area contributed by atoms with Crippen LogP contribution in [0.15, 0.2) is 72.8 Å². The van der Waals surface area contributed by atoms with Crippen molar-refractivity contribution in [3.8, 4) is 5.75 Å². The Bertz CT molecular complexity index is 1130. The van der Waals surface area contributed by atoms with Crippen molar-refractivity contribution in [2.24, 2.45) is 0 Å². The highest BCUT2D eigenvalue weighted by atomic mass is 35.5. The Morgan fingerprint density at radius 1 is 1.00 bits per heavy atom. The lowest BCUT2D eigenvalue weighted by molar-refractivity contribution is -0.137. The van der Waals surface area contributed by atoms with Crippen molar-refractivity contribution < 1.29 is 22.7 Å². The van der Waals surface area contributed by atoms with Crippen LogP contribution in [0, 0.1) is 0 Å². The number of anilines is 2. The van der Waals surface area contributed by atoms with Gasteiger partial charge in [-0.15, -0.1) is 0 Å². The number of carbonyl (C=O) groups is 1. The lowest BCUT2D eigenvalue weighted by atomic mass is 10.1. The highest BCUT2D eigenvalue weighted by Gasteiger charge is 2.30. The summed E-state index contributed by atoms with van der Waals surface area (Å²) in [6, 6.07) is 17.0. The van der Waals surface area contributed by atoms with E-state index in [-0.39, 0.29) is 10.8 Å². The molecule has 0 saturated carbocycles. The summed E-state index contributed by atoms with van der Waals surface area (Å²) >= 11 is 11.4. The van der Waals surface area contributed by atoms with Crippen LogP contribution in [0.1, 0.15) is 17.2 Å². The molecule has 3 N–H and O–H groups in total. The Morgan fingerprint density at radius 3 is 2.27 bits per heavy atom. The smallest absolute Gasteiger partial charge is 0.416 e. The minimum absolute atomic E-state index is 0.118. The number of thiocarbonyl (C=S) groups is 1. The normalized spacial score (nSPS) is 11.9. The highest BCUT2D eigenvalue weighted by molar-refractivity contribution is 7.80. The fraction of sp³-hybridized carbons (Fsp3) is 0.130. The van der Waals surface area contributed by atoms with Gasteiger partial charge in [-0.2, -0.15) is 13.2 Å². The van der Waals surface area contributed by atoms with Gasteiger partial charge in [-0.05, 0) is 60.2 Å². The Balaban J connectivity index is 1.78. The lowest BCUT2D eigenvalue weighted by Crippen LogP contribution is -2.39. The van der Waals surface area contributed by atoms with Crippen LogP contribution in [0.4, 0.5) is 24.5 Å². The van der Waals surface area contributed by atoms with E-state index >= 15 is 0 Å². The Hall–Kier alpha value is -3.30. The second-order valence-electron chi connectivity index (χ2n) is 6.85. The molecule has 1 atom stereocenters. The molecule has 10 heteroatoms. The zero-order valence-electron chi connectivity index (χ0n) is 17.2. The number of alkyl halides is 3. The Labute approximate surface area is 198 Å². The first kappa shape index (κ1) is 24.3. The number of carbonyl (C=O) groups excluding carboxylic acids is 1. The van der Waals surface area contributed by atoms with Crippen LogP contribution in [0.25, 0.3) is 0 Å². The molecule has 0 saturated heterocycles. The molecule has 0 spiro atoms. The van der Waals surface area contributed by atoms with Crippen LogP contribution in [-0.4, -0.2) is 18.1 Å². The molecule has 0 heterocycles. The average Bonchev–Trinajstić information content (AvgIpc) is 2.78. The number of hydrogen-bond donors (Lipinski definition) is 3. The van der Waals surface area contributed by atoms with Crippen molar-refractivity contribution in [1.82, 2.24) is 5.32 Å². The van der Waals surface area contributed by atoms with Crippen LogP contribution < -0.4 is 20.7 Å². The van der Waals surface area contributed by atoms with Gasteiger partial charge in [0.1, 0.15) is 11.8 Å². The maximum absolute atomic E-state index is 13.0. The molecule has 0 aliphatic rings. The topological polar surface area (TPSA) is 62.4 Å². The van der Waals surface area contributed by atoms with Gasteiger partial charge in [0.25, 0.3) is 5.91 Å². The third-order valence-corrected chi connectivity index (χ3v) is 5.02. The first-order valence-corrected chi connectivity index (χ1v) is 10.4. The molecule has 3 rings (SSSR count). The zero-order valence-corrected chi connectivity index (χ0v) is 18.8. The van der Waals surface area contributed by atoms with Crippen molar-refractivity contribution in [3.63, 3.8) is 0 Å². The molecule has 3 aromatic carbocycles. The maximum Gasteiger partial charge on any atom is 0.416 e. The van der Waals surface area contributed by atoms with Gasteiger partial charge in [-0.1, -0.05) is 41.9 Å². The van der Waals surface area contributed by atoms with Crippen LogP contribution in [0.5, 0.6) is 5.75 Å². The summed E-state index contributed by atoms with van der Waals surface area (Å²) < 4.78 is 43.7. The summed E-state index contributed by atoms with van der Waals surface area (Å²) in [6.07, 6.45) is -4.46. The third kappa shape index (κ3) is 6.59. The molecule has 0 aromatic heterocycles. The number of halogens is 4. The van der Waals surface area contributed by atoms with Gasteiger partial charge >= 0.3 is 6.18 Å². The van der Waals surface area contributed by atoms with E-state index in [1.807, 2.05) is 0 Å². The first-order valence-electron chi connectivity index (χ1n) is 9.61. The van der Waals surface area contributed by atoms with Gasteiger partial charge in [0.05, 0.1) is 18.4 Å². The van der Waals surface area contributed by atoms with E-state index in [1.165, 1.54) is 19.2 Å². The maximum atomic E-state index is 13.0. The van der Waals surface area contributed by atoms with Crippen molar-refractivity contribution in [3.05, 3.63) is 88.9 Å². The molecule has 0 aliphatic carbocycles. The van der Waals surface area contributed by atoms with Crippen molar-refractivity contribution in [2.75, 3.05) is 17.7 Å². The Morgan fingerprint density at radius 2 is 1.67 bits per heavy atom. The number of methoxy groups -OCH3 is 1. The van der Waals surface area contributed by atoms with Gasteiger partial charge in [0, 0.05) is 10.7 Å². The monoisotopic (exact) mass is 493 g/mol. The zero-order chi connectivity index (χ0) is 24.0. The van der Waals surface area contributed by atoms with Gasteiger partial charge in [0.15, 0.2) is 5.11 Å². The second-order valence-corrected chi connectivity index (χ2v) is 7.70. The first-order chi connectivity index (χ1) is 15.7. The molecule has 0 bridgehead atoms. The number of hydrogen-bond acceptors (Lipinski definition) is 3. The molecule has 5 nitrogen and oxygen atoms in total. The number of nitrogens with one attached hydrogen (secondary N) is 3. The molecule has 0 fully saturated rings. The van der Waals surface area contributed by atoms with Crippen LogP contribution in [0.3, 0.4) is 0 Å². The standard InChI is InChI=1S/C23H19ClF3N3O2S/c1-32-19-12-9-16(24)13-18(19)29-22(33)30-20(14-5-3-2-4-6-14)21(31)28-17-10-7-15(8-11-17)23(25,26)27/h2-13,20H,1H3,(H,28,31)(H2,29,30,33). The molecular weight excluding hydrogens is 475 g/mol. The largest absolute Gasteiger partial charge is 0.495 e. The van der Waals surface area contributed by atoms with Crippen molar-refractivity contribution >= 4 is 46.2 Å². The summed E-state index contributed by atoms with van der Waals surface area (Å²) in [5, 5.41) is 9.08. The fourth-order valence-electron chi connectivity index (χ4n) is 2.97. The molecule has 1 amide bonds. The van der Waals surface area contributed by atoms with Crippen molar-refractivity contribution in [2.45, 2.75) is 12.2 Å².